The van der Waals surface area contributed by atoms with Crippen LogP contribution in [-0.2, 0) is 9.59 Å². The Balaban J connectivity index is 1.68. The molecule has 1 fully saturated rings. The highest BCUT2D eigenvalue weighted by molar-refractivity contribution is 6.51. The van der Waals surface area contributed by atoms with Gasteiger partial charge in [0.2, 0.25) is 0 Å². The number of aliphatic hydroxyl groups excluding tert-OH is 1. The summed E-state index contributed by atoms with van der Waals surface area (Å²) in [6, 6.07) is 19.7. The second-order valence-corrected chi connectivity index (χ2v) is 9.98. The second-order valence-electron chi connectivity index (χ2n) is 9.98. The maximum absolute atomic E-state index is 13.5. The zero-order valence-electron chi connectivity index (χ0n) is 21.4. The first-order valence-corrected chi connectivity index (χ1v) is 12.4. The Morgan fingerprint density at radius 1 is 1.03 bits per heavy atom. The van der Waals surface area contributed by atoms with Crippen molar-refractivity contribution in [1.29, 1.82) is 0 Å². The zero-order valence-corrected chi connectivity index (χ0v) is 21.4. The van der Waals surface area contributed by atoms with Gasteiger partial charge in [-0.3, -0.25) is 14.5 Å². The molecule has 188 valence electrons. The van der Waals surface area contributed by atoms with Crippen molar-refractivity contribution < 1.29 is 19.4 Å². The molecule has 1 unspecified atom stereocenters. The topological polar surface area (TPSA) is 82.6 Å². The van der Waals surface area contributed by atoms with E-state index in [-0.39, 0.29) is 11.3 Å². The third kappa shape index (κ3) is 4.40. The van der Waals surface area contributed by atoms with Crippen molar-refractivity contribution in [2.24, 2.45) is 5.92 Å². The molecule has 2 heterocycles. The van der Waals surface area contributed by atoms with Crippen LogP contribution in [0.3, 0.4) is 0 Å². The standard InChI is InChI=1S/C31H30N2O4/c1-18(2)17-37-26-13-12-21(15-20(26)4)29(34)27-28(24-16-32-25-11-6-5-10-23(24)25)33(31(36)30(27)35)22-9-7-8-19(3)14-22/h5-16,18,28,32,34H,17H2,1-4H3/b29-27+. The maximum atomic E-state index is 13.5. The highest BCUT2D eigenvalue weighted by Gasteiger charge is 2.47. The van der Waals surface area contributed by atoms with E-state index in [9.17, 15) is 14.7 Å². The van der Waals surface area contributed by atoms with Gasteiger partial charge < -0.3 is 14.8 Å². The number of nitrogens with zero attached hydrogens (tertiary/aromatic N) is 1. The molecule has 1 aliphatic rings. The van der Waals surface area contributed by atoms with E-state index in [0.29, 0.717) is 23.8 Å². The fourth-order valence-corrected chi connectivity index (χ4v) is 4.86. The number of hydrogen-bond acceptors (Lipinski definition) is 4. The van der Waals surface area contributed by atoms with Gasteiger partial charge in [0.05, 0.1) is 18.2 Å². The average Bonchev–Trinajstić information content (AvgIpc) is 3.41. The Morgan fingerprint density at radius 2 is 1.81 bits per heavy atom. The Morgan fingerprint density at radius 3 is 2.54 bits per heavy atom. The monoisotopic (exact) mass is 494 g/mol. The third-order valence-corrected chi connectivity index (χ3v) is 6.66. The molecule has 0 radical (unpaired) electrons. The van der Waals surface area contributed by atoms with Crippen molar-refractivity contribution in [1.82, 2.24) is 4.98 Å². The van der Waals surface area contributed by atoms with Gasteiger partial charge in [-0.1, -0.05) is 44.2 Å². The molecule has 1 atom stereocenters. The molecule has 5 rings (SSSR count). The van der Waals surface area contributed by atoms with Crippen molar-refractivity contribution in [3.63, 3.8) is 0 Å². The molecule has 6 heteroatoms. The normalized spacial score (nSPS) is 17.2. The van der Waals surface area contributed by atoms with Crippen molar-refractivity contribution >= 4 is 34.0 Å². The average molecular weight is 495 g/mol. The van der Waals surface area contributed by atoms with Gasteiger partial charge in [-0.05, 0) is 67.3 Å². The molecule has 0 aliphatic carbocycles. The molecule has 1 amide bonds. The van der Waals surface area contributed by atoms with Gasteiger partial charge >= 0.3 is 0 Å². The van der Waals surface area contributed by atoms with E-state index in [1.165, 1.54) is 4.90 Å². The third-order valence-electron chi connectivity index (χ3n) is 6.66. The summed E-state index contributed by atoms with van der Waals surface area (Å²) in [4.78, 5) is 31.7. The summed E-state index contributed by atoms with van der Waals surface area (Å²) in [6.07, 6.45) is 1.81. The molecule has 4 aromatic rings. The van der Waals surface area contributed by atoms with Crippen LogP contribution in [0.25, 0.3) is 16.7 Å². The number of benzene rings is 3. The van der Waals surface area contributed by atoms with Crippen LogP contribution in [0.5, 0.6) is 5.75 Å². The predicted octanol–water partition coefficient (Wildman–Crippen LogP) is 6.45. The van der Waals surface area contributed by atoms with Gasteiger partial charge in [0.1, 0.15) is 11.5 Å². The summed E-state index contributed by atoms with van der Waals surface area (Å²) in [5.41, 5.74) is 4.55. The summed E-state index contributed by atoms with van der Waals surface area (Å²) in [5.74, 6) is -0.495. The van der Waals surface area contributed by atoms with E-state index in [2.05, 4.69) is 18.8 Å². The first kappa shape index (κ1) is 24.4. The number of rotatable bonds is 6. The number of aromatic amines is 1. The fraction of sp³-hybridized carbons (Fsp3) is 0.226. The van der Waals surface area contributed by atoms with E-state index >= 15 is 0 Å². The number of para-hydroxylation sites is 1. The molecule has 6 nitrogen and oxygen atoms in total. The van der Waals surface area contributed by atoms with Gasteiger partial charge in [0.15, 0.2) is 0 Å². The molecular weight excluding hydrogens is 464 g/mol. The number of Topliss-reactive ketones (excluding diaryl/α,β-unsaturated/α-hetero) is 1. The number of aliphatic hydroxyl groups is 1. The van der Waals surface area contributed by atoms with E-state index in [0.717, 1.165) is 33.3 Å². The van der Waals surface area contributed by atoms with E-state index in [1.54, 1.807) is 18.2 Å². The Labute approximate surface area is 216 Å². The number of aromatic nitrogens is 1. The van der Waals surface area contributed by atoms with Crippen LogP contribution in [-0.4, -0.2) is 28.4 Å². The van der Waals surface area contributed by atoms with Crippen molar-refractivity contribution in [2.45, 2.75) is 33.7 Å². The van der Waals surface area contributed by atoms with E-state index in [1.807, 2.05) is 68.6 Å². The molecule has 3 aromatic carbocycles. The van der Waals surface area contributed by atoms with Crippen LogP contribution < -0.4 is 9.64 Å². The van der Waals surface area contributed by atoms with Crippen molar-refractivity contribution in [3.05, 3.63) is 101 Å². The molecule has 1 aromatic heterocycles. The van der Waals surface area contributed by atoms with Gasteiger partial charge in [0.25, 0.3) is 11.7 Å². The van der Waals surface area contributed by atoms with Gasteiger partial charge in [-0.15, -0.1) is 0 Å². The zero-order chi connectivity index (χ0) is 26.3. The quantitative estimate of drug-likeness (QED) is 0.183. The number of ether oxygens (including phenoxy) is 1. The van der Waals surface area contributed by atoms with Crippen LogP contribution in [0, 0.1) is 19.8 Å². The second kappa shape index (κ2) is 9.62. The summed E-state index contributed by atoms with van der Waals surface area (Å²) in [6.45, 7) is 8.57. The summed E-state index contributed by atoms with van der Waals surface area (Å²) < 4.78 is 5.88. The molecule has 37 heavy (non-hydrogen) atoms. The lowest BCUT2D eigenvalue weighted by Gasteiger charge is -2.25. The number of aryl methyl sites for hydroxylation is 2. The van der Waals surface area contributed by atoms with Crippen LogP contribution in [0.2, 0.25) is 0 Å². The van der Waals surface area contributed by atoms with Crippen molar-refractivity contribution in [3.8, 4) is 5.75 Å². The summed E-state index contributed by atoms with van der Waals surface area (Å²) in [5, 5.41) is 12.4. The fourth-order valence-electron chi connectivity index (χ4n) is 4.86. The Hall–Kier alpha value is -4.32. The first-order chi connectivity index (χ1) is 17.8. The van der Waals surface area contributed by atoms with Crippen LogP contribution in [0.4, 0.5) is 5.69 Å². The smallest absolute Gasteiger partial charge is 0.300 e. The lowest BCUT2D eigenvalue weighted by Crippen LogP contribution is -2.29. The number of carbonyl (C=O) groups is 2. The van der Waals surface area contributed by atoms with E-state index in [4.69, 9.17) is 4.74 Å². The molecule has 0 spiro atoms. The molecule has 1 saturated heterocycles. The largest absolute Gasteiger partial charge is 0.507 e. The van der Waals surface area contributed by atoms with Gasteiger partial charge in [0, 0.05) is 33.9 Å². The number of fused-ring (bicyclic) bond motifs is 1. The van der Waals surface area contributed by atoms with E-state index < -0.39 is 17.7 Å². The lowest BCUT2D eigenvalue weighted by atomic mass is 9.94. The van der Waals surface area contributed by atoms with Crippen LogP contribution >= 0.6 is 0 Å². The SMILES string of the molecule is Cc1cccc(N2C(=O)C(=O)/C(=C(/O)c3ccc(OCC(C)C)c(C)c3)C2c2c[nH]c3ccccc23)c1. The Kier molecular flexibility index (Phi) is 6.34. The molecule has 2 N–H and O–H groups in total. The van der Waals surface area contributed by atoms with Crippen molar-refractivity contribution in [2.75, 3.05) is 11.5 Å². The number of H-pyrrole nitrogens is 1. The number of amides is 1. The minimum atomic E-state index is -0.796. The minimum absolute atomic E-state index is 0.0616. The maximum Gasteiger partial charge on any atom is 0.300 e. The molecular formula is C31H30N2O4. The number of carbonyl (C=O) groups excluding carboxylic acids is 2. The Bertz CT molecular complexity index is 1550. The molecule has 0 saturated carbocycles. The minimum Gasteiger partial charge on any atom is -0.507 e. The first-order valence-electron chi connectivity index (χ1n) is 12.4. The van der Waals surface area contributed by atoms with Crippen LogP contribution in [0.1, 0.15) is 42.1 Å². The number of ketones is 1. The lowest BCUT2D eigenvalue weighted by molar-refractivity contribution is -0.132. The number of nitrogens with one attached hydrogen (secondary N) is 1. The van der Waals surface area contributed by atoms with Gasteiger partial charge in [-0.25, -0.2) is 0 Å². The highest BCUT2D eigenvalue weighted by Crippen LogP contribution is 2.44. The molecule has 1 aliphatic heterocycles. The predicted molar refractivity (Wildman–Crippen MR) is 146 cm³/mol. The number of hydrogen-bond donors (Lipinski definition) is 2. The van der Waals surface area contributed by atoms with Gasteiger partial charge in [-0.2, -0.15) is 0 Å². The highest BCUT2D eigenvalue weighted by atomic mass is 16.5. The summed E-state index contributed by atoms with van der Waals surface area (Å²) in [7, 11) is 0. The number of anilines is 1. The van der Waals surface area contributed by atoms with Crippen LogP contribution in [0.15, 0.2) is 78.5 Å². The molecule has 0 bridgehead atoms. The summed E-state index contributed by atoms with van der Waals surface area (Å²) >= 11 is 0.